The SMILES string of the molecule is O=C(CCNC1CC1)NCC1CC(O)C1. The van der Waals surface area contributed by atoms with Crippen molar-refractivity contribution in [3.05, 3.63) is 0 Å². The van der Waals surface area contributed by atoms with E-state index in [0.29, 0.717) is 18.4 Å². The molecule has 0 bridgehead atoms. The second-order valence-electron chi connectivity index (χ2n) is 4.77. The van der Waals surface area contributed by atoms with Crippen LogP contribution in [-0.4, -0.2) is 36.2 Å². The lowest BCUT2D eigenvalue weighted by Gasteiger charge is -2.31. The van der Waals surface area contributed by atoms with Crippen LogP contribution in [0.3, 0.4) is 0 Å². The molecule has 0 aromatic rings. The summed E-state index contributed by atoms with van der Waals surface area (Å²) in [5, 5.41) is 15.3. The van der Waals surface area contributed by atoms with Crippen LogP contribution in [0.4, 0.5) is 0 Å². The molecule has 0 spiro atoms. The Bertz CT molecular complexity index is 223. The summed E-state index contributed by atoms with van der Waals surface area (Å²) in [5.41, 5.74) is 0. The monoisotopic (exact) mass is 212 g/mol. The molecule has 4 heteroatoms. The number of amides is 1. The molecule has 0 aromatic heterocycles. The van der Waals surface area contributed by atoms with E-state index in [4.69, 9.17) is 5.11 Å². The van der Waals surface area contributed by atoms with E-state index in [-0.39, 0.29) is 12.0 Å². The molecule has 2 saturated carbocycles. The minimum Gasteiger partial charge on any atom is -0.393 e. The Morgan fingerprint density at radius 2 is 2.07 bits per heavy atom. The molecule has 2 aliphatic carbocycles. The average molecular weight is 212 g/mol. The van der Waals surface area contributed by atoms with Gasteiger partial charge < -0.3 is 15.7 Å². The van der Waals surface area contributed by atoms with Gasteiger partial charge in [0.1, 0.15) is 0 Å². The first kappa shape index (κ1) is 10.9. The highest BCUT2D eigenvalue weighted by atomic mass is 16.3. The van der Waals surface area contributed by atoms with Crippen LogP contribution in [0.2, 0.25) is 0 Å². The van der Waals surface area contributed by atoms with Crippen molar-refractivity contribution in [1.82, 2.24) is 10.6 Å². The van der Waals surface area contributed by atoms with Crippen molar-refractivity contribution in [2.75, 3.05) is 13.1 Å². The van der Waals surface area contributed by atoms with Gasteiger partial charge in [0.15, 0.2) is 0 Å². The fourth-order valence-corrected chi connectivity index (χ4v) is 1.89. The van der Waals surface area contributed by atoms with E-state index < -0.39 is 0 Å². The van der Waals surface area contributed by atoms with Gasteiger partial charge in [0.25, 0.3) is 0 Å². The normalized spacial score (nSPS) is 29.7. The van der Waals surface area contributed by atoms with Crippen LogP contribution in [-0.2, 0) is 4.79 Å². The largest absolute Gasteiger partial charge is 0.393 e. The maximum Gasteiger partial charge on any atom is 0.221 e. The number of carbonyl (C=O) groups is 1. The number of aliphatic hydroxyl groups excluding tert-OH is 1. The lowest BCUT2D eigenvalue weighted by molar-refractivity contribution is -0.121. The molecule has 1 amide bonds. The molecule has 0 heterocycles. The van der Waals surface area contributed by atoms with Crippen molar-refractivity contribution < 1.29 is 9.90 Å². The number of nitrogens with one attached hydrogen (secondary N) is 2. The fraction of sp³-hybridized carbons (Fsp3) is 0.909. The summed E-state index contributed by atoms with van der Waals surface area (Å²) in [5.74, 6) is 0.630. The lowest BCUT2D eigenvalue weighted by Crippen LogP contribution is -2.39. The van der Waals surface area contributed by atoms with Crippen LogP contribution in [0.1, 0.15) is 32.1 Å². The third-order valence-electron chi connectivity index (χ3n) is 3.16. The Kier molecular flexibility index (Phi) is 3.59. The molecule has 0 aromatic carbocycles. The first-order valence-electron chi connectivity index (χ1n) is 5.92. The number of carbonyl (C=O) groups excluding carboxylic acids is 1. The molecule has 0 unspecified atom stereocenters. The van der Waals surface area contributed by atoms with Crippen molar-refractivity contribution in [3.63, 3.8) is 0 Å². The summed E-state index contributed by atoms with van der Waals surface area (Å²) in [7, 11) is 0. The van der Waals surface area contributed by atoms with E-state index in [9.17, 15) is 4.79 Å². The van der Waals surface area contributed by atoms with Crippen molar-refractivity contribution in [1.29, 1.82) is 0 Å². The van der Waals surface area contributed by atoms with Crippen molar-refractivity contribution in [3.8, 4) is 0 Å². The van der Waals surface area contributed by atoms with E-state index in [1.54, 1.807) is 0 Å². The van der Waals surface area contributed by atoms with Gasteiger partial charge in [0.2, 0.25) is 5.91 Å². The number of aliphatic hydroxyl groups is 1. The highest BCUT2D eigenvalue weighted by molar-refractivity contribution is 5.76. The zero-order valence-electron chi connectivity index (χ0n) is 9.04. The highest BCUT2D eigenvalue weighted by Crippen LogP contribution is 2.26. The van der Waals surface area contributed by atoms with Crippen molar-refractivity contribution >= 4 is 5.91 Å². The summed E-state index contributed by atoms with van der Waals surface area (Å²) >= 11 is 0. The summed E-state index contributed by atoms with van der Waals surface area (Å²) in [4.78, 5) is 11.4. The van der Waals surface area contributed by atoms with Crippen LogP contribution in [0.15, 0.2) is 0 Å². The standard InChI is InChI=1S/C11H20N2O2/c14-10-5-8(6-10)7-13-11(15)3-4-12-9-1-2-9/h8-10,12,14H,1-7H2,(H,13,15). The third kappa shape index (κ3) is 3.80. The molecule has 0 atom stereocenters. The minimum atomic E-state index is -0.122. The van der Waals surface area contributed by atoms with Gasteiger partial charge in [0.05, 0.1) is 6.10 Å². The molecule has 4 nitrogen and oxygen atoms in total. The number of hydrogen-bond acceptors (Lipinski definition) is 3. The molecule has 0 radical (unpaired) electrons. The smallest absolute Gasteiger partial charge is 0.221 e. The van der Waals surface area contributed by atoms with Crippen LogP contribution in [0, 0.1) is 5.92 Å². The topological polar surface area (TPSA) is 61.4 Å². The van der Waals surface area contributed by atoms with E-state index in [2.05, 4.69) is 10.6 Å². The van der Waals surface area contributed by atoms with Crippen LogP contribution < -0.4 is 10.6 Å². The lowest BCUT2D eigenvalue weighted by atomic mass is 9.82. The van der Waals surface area contributed by atoms with Gasteiger partial charge in [0, 0.05) is 25.6 Å². The average Bonchev–Trinajstić information content (AvgIpc) is 2.94. The van der Waals surface area contributed by atoms with Crippen LogP contribution >= 0.6 is 0 Å². The van der Waals surface area contributed by atoms with Gasteiger partial charge in [-0.15, -0.1) is 0 Å². The molecule has 86 valence electrons. The maximum atomic E-state index is 11.4. The van der Waals surface area contributed by atoms with Crippen molar-refractivity contribution in [2.24, 2.45) is 5.92 Å². The molecular formula is C11H20N2O2. The molecule has 2 rings (SSSR count). The van der Waals surface area contributed by atoms with E-state index in [1.807, 2.05) is 0 Å². The predicted octanol–water partition coefficient (Wildman–Crippen LogP) is 0.0156. The second kappa shape index (κ2) is 4.94. The number of rotatable bonds is 6. The first-order valence-corrected chi connectivity index (χ1v) is 5.92. The molecule has 0 saturated heterocycles. The number of hydrogen-bond donors (Lipinski definition) is 3. The maximum absolute atomic E-state index is 11.4. The highest BCUT2D eigenvalue weighted by Gasteiger charge is 2.27. The third-order valence-corrected chi connectivity index (χ3v) is 3.16. The van der Waals surface area contributed by atoms with E-state index in [1.165, 1.54) is 12.8 Å². The second-order valence-corrected chi connectivity index (χ2v) is 4.77. The first-order chi connectivity index (χ1) is 7.24. The zero-order chi connectivity index (χ0) is 10.7. The Morgan fingerprint density at radius 1 is 1.33 bits per heavy atom. The van der Waals surface area contributed by atoms with Gasteiger partial charge >= 0.3 is 0 Å². The Morgan fingerprint density at radius 3 is 2.67 bits per heavy atom. The molecule has 2 fully saturated rings. The van der Waals surface area contributed by atoms with Crippen LogP contribution in [0.5, 0.6) is 0 Å². The van der Waals surface area contributed by atoms with Gasteiger partial charge in [-0.25, -0.2) is 0 Å². The molecule has 3 N–H and O–H groups in total. The van der Waals surface area contributed by atoms with Gasteiger partial charge in [-0.2, -0.15) is 0 Å². The fourth-order valence-electron chi connectivity index (χ4n) is 1.89. The minimum absolute atomic E-state index is 0.122. The van der Waals surface area contributed by atoms with E-state index >= 15 is 0 Å². The zero-order valence-corrected chi connectivity index (χ0v) is 9.04. The van der Waals surface area contributed by atoms with Crippen LogP contribution in [0.25, 0.3) is 0 Å². The Labute approximate surface area is 90.4 Å². The predicted molar refractivity (Wildman–Crippen MR) is 57.4 cm³/mol. The van der Waals surface area contributed by atoms with Gasteiger partial charge in [-0.1, -0.05) is 0 Å². The summed E-state index contributed by atoms with van der Waals surface area (Å²) in [6.45, 7) is 1.53. The quantitative estimate of drug-likeness (QED) is 0.581. The summed E-state index contributed by atoms with van der Waals surface area (Å²) in [6.07, 6.45) is 4.68. The molecule has 0 aliphatic heterocycles. The molecule has 15 heavy (non-hydrogen) atoms. The van der Waals surface area contributed by atoms with Gasteiger partial charge in [-0.05, 0) is 31.6 Å². The molecule has 2 aliphatic rings. The molecular weight excluding hydrogens is 192 g/mol. The Balaban J connectivity index is 1.45. The van der Waals surface area contributed by atoms with E-state index in [0.717, 1.165) is 25.9 Å². The summed E-state index contributed by atoms with van der Waals surface area (Å²) < 4.78 is 0. The Hall–Kier alpha value is -0.610. The van der Waals surface area contributed by atoms with Crippen molar-refractivity contribution in [2.45, 2.75) is 44.2 Å². The van der Waals surface area contributed by atoms with Gasteiger partial charge in [-0.3, -0.25) is 4.79 Å². The summed E-state index contributed by atoms with van der Waals surface area (Å²) in [6, 6.07) is 0.680.